The molecule has 0 bridgehead atoms. The highest BCUT2D eigenvalue weighted by molar-refractivity contribution is 6.51. The third-order valence-electron chi connectivity index (χ3n) is 5.37. The van der Waals surface area contributed by atoms with E-state index in [0.717, 1.165) is 23.1 Å². The first-order valence-electron chi connectivity index (χ1n) is 9.91. The maximum absolute atomic E-state index is 13.3. The molecule has 1 aromatic heterocycles. The minimum atomic E-state index is -4.66. The summed E-state index contributed by atoms with van der Waals surface area (Å²) in [5, 5.41) is 11.1. The second-order valence-corrected chi connectivity index (χ2v) is 7.30. The predicted octanol–water partition coefficient (Wildman–Crippen LogP) is 4.94. The highest BCUT2D eigenvalue weighted by Gasteiger charge is 2.48. The van der Waals surface area contributed by atoms with Gasteiger partial charge in [0.2, 0.25) is 0 Å². The number of Topliss-reactive ketones (excluding diaryl/α,β-unsaturated/α-hetero) is 1. The number of aliphatic hydroxyl groups excluding tert-OH is 1. The number of methoxy groups -OCH3 is 2. The summed E-state index contributed by atoms with van der Waals surface area (Å²) in [7, 11) is 2.81. The Hall–Kier alpha value is -4.21. The Labute approximate surface area is 191 Å². The summed E-state index contributed by atoms with van der Waals surface area (Å²) in [4.78, 5) is 26.9. The third-order valence-corrected chi connectivity index (χ3v) is 5.37. The number of rotatable bonds is 5. The first kappa shape index (κ1) is 23.0. The molecule has 4 rings (SSSR count). The Kier molecular flexibility index (Phi) is 5.82. The summed E-state index contributed by atoms with van der Waals surface area (Å²) >= 11 is 0. The van der Waals surface area contributed by atoms with Crippen LogP contribution in [-0.4, -0.2) is 31.0 Å². The van der Waals surface area contributed by atoms with E-state index >= 15 is 0 Å². The molecule has 1 aliphatic heterocycles. The van der Waals surface area contributed by atoms with Crippen molar-refractivity contribution >= 4 is 23.1 Å². The van der Waals surface area contributed by atoms with E-state index in [1.165, 1.54) is 56.9 Å². The molecule has 0 aliphatic carbocycles. The number of halogens is 3. The third kappa shape index (κ3) is 3.87. The summed E-state index contributed by atoms with van der Waals surface area (Å²) in [6, 6.07) is 10.0. The van der Waals surface area contributed by atoms with Crippen LogP contribution in [0.4, 0.5) is 18.9 Å². The summed E-state index contributed by atoms with van der Waals surface area (Å²) < 4.78 is 55.7. The highest BCUT2D eigenvalue weighted by Crippen LogP contribution is 2.44. The van der Waals surface area contributed by atoms with Gasteiger partial charge in [-0.05, 0) is 48.5 Å². The summed E-state index contributed by atoms with van der Waals surface area (Å²) in [6.07, 6.45) is -3.37. The van der Waals surface area contributed by atoms with E-state index < -0.39 is 35.2 Å². The second kappa shape index (κ2) is 8.62. The quantitative estimate of drug-likeness (QED) is 0.321. The van der Waals surface area contributed by atoms with Gasteiger partial charge in [-0.15, -0.1) is 0 Å². The number of alkyl halides is 3. The molecule has 1 unspecified atom stereocenters. The SMILES string of the molecule is COc1ccc(/C(O)=C2/C(=O)C(=O)N(c3cccc(C(F)(F)F)c3)C2c2ccco2)cc1OC. The smallest absolute Gasteiger partial charge is 0.416 e. The average molecular weight is 473 g/mol. The zero-order chi connectivity index (χ0) is 24.6. The molecule has 0 saturated carbocycles. The molecule has 10 heteroatoms. The number of anilines is 1. The minimum Gasteiger partial charge on any atom is -0.507 e. The van der Waals surface area contributed by atoms with Crippen molar-refractivity contribution in [3.05, 3.63) is 83.3 Å². The minimum absolute atomic E-state index is 0.0821. The van der Waals surface area contributed by atoms with Crippen LogP contribution in [0.25, 0.3) is 5.76 Å². The van der Waals surface area contributed by atoms with Gasteiger partial charge in [-0.25, -0.2) is 0 Å². The number of furan rings is 1. The zero-order valence-electron chi connectivity index (χ0n) is 17.9. The lowest BCUT2D eigenvalue weighted by molar-refractivity contribution is -0.137. The largest absolute Gasteiger partial charge is 0.507 e. The molecular formula is C24H18F3NO6. The lowest BCUT2D eigenvalue weighted by Gasteiger charge is -2.24. The van der Waals surface area contributed by atoms with E-state index in [2.05, 4.69) is 0 Å². The molecule has 2 heterocycles. The molecule has 3 aromatic rings. The summed E-state index contributed by atoms with van der Waals surface area (Å²) in [5.41, 5.74) is -1.38. The van der Waals surface area contributed by atoms with Crippen molar-refractivity contribution in [1.82, 2.24) is 0 Å². The highest BCUT2D eigenvalue weighted by atomic mass is 19.4. The van der Waals surface area contributed by atoms with Gasteiger partial charge in [0.25, 0.3) is 11.7 Å². The van der Waals surface area contributed by atoms with Gasteiger partial charge >= 0.3 is 6.18 Å². The van der Waals surface area contributed by atoms with Crippen molar-refractivity contribution in [2.45, 2.75) is 12.2 Å². The zero-order valence-corrected chi connectivity index (χ0v) is 17.9. The van der Waals surface area contributed by atoms with Crippen LogP contribution in [0.15, 0.2) is 70.9 Å². The van der Waals surface area contributed by atoms with E-state index in [-0.39, 0.29) is 28.3 Å². The lowest BCUT2D eigenvalue weighted by Crippen LogP contribution is -2.29. The van der Waals surface area contributed by atoms with Gasteiger partial charge in [0, 0.05) is 11.3 Å². The molecule has 176 valence electrons. The maximum atomic E-state index is 13.3. The Balaban J connectivity index is 1.91. The first-order chi connectivity index (χ1) is 16.2. The Morgan fingerprint density at radius 1 is 1.00 bits per heavy atom. The number of aliphatic hydroxyl groups is 1. The van der Waals surface area contributed by atoms with Gasteiger partial charge in [-0.3, -0.25) is 14.5 Å². The first-order valence-corrected chi connectivity index (χ1v) is 9.91. The monoisotopic (exact) mass is 473 g/mol. The molecule has 1 amide bonds. The maximum Gasteiger partial charge on any atom is 0.416 e. The van der Waals surface area contributed by atoms with Gasteiger partial charge in [-0.1, -0.05) is 6.07 Å². The summed E-state index contributed by atoms with van der Waals surface area (Å²) in [6.45, 7) is 0. The van der Waals surface area contributed by atoms with Gasteiger partial charge in [0.15, 0.2) is 11.5 Å². The van der Waals surface area contributed by atoms with E-state index in [4.69, 9.17) is 13.9 Å². The van der Waals surface area contributed by atoms with Crippen LogP contribution in [-0.2, 0) is 15.8 Å². The molecule has 1 saturated heterocycles. The molecule has 0 spiro atoms. The number of carbonyl (C=O) groups excluding carboxylic acids is 2. The van der Waals surface area contributed by atoms with Crippen LogP contribution in [0.5, 0.6) is 11.5 Å². The Bertz CT molecular complexity index is 1280. The van der Waals surface area contributed by atoms with E-state index in [1.807, 2.05) is 0 Å². The predicted molar refractivity (Wildman–Crippen MR) is 114 cm³/mol. The van der Waals surface area contributed by atoms with Gasteiger partial charge in [0.1, 0.15) is 17.6 Å². The molecule has 1 aliphatic rings. The van der Waals surface area contributed by atoms with Crippen molar-refractivity contribution in [2.24, 2.45) is 0 Å². The van der Waals surface area contributed by atoms with Crippen LogP contribution >= 0.6 is 0 Å². The summed E-state index contributed by atoms with van der Waals surface area (Å²) in [5.74, 6) is -2.03. The van der Waals surface area contributed by atoms with Crippen LogP contribution in [0.1, 0.15) is 22.9 Å². The number of nitrogens with zero attached hydrogens (tertiary/aromatic N) is 1. The molecule has 1 atom stereocenters. The number of ether oxygens (including phenoxy) is 2. The normalized spacial score (nSPS) is 17.8. The fourth-order valence-electron chi connectivity index (χ4n) is 3.79. The van der Waals surface area contributed by atoms with E-state index in [1.54, 1.807) is 0 Å². The second-order valence-electron chi connectivity index (χ2n) is 7.30. The van der Waals surface area contributed by atoms with Crippen molar-refractivity contribution in [1.29, 1.82) is 0 Å². The van der Waals surface area contributed by atoms with Crippen molar-refractivity contribution in [2.75, 3.05) is 19.1 Å². The molecular weight excluding hydrogens is 455 g/mol. The van der Waals surface area contributed by atoms with E-state index in [9.17, 15) is 27.9 Å². The number of amides is 1. The fourth-order valence-corrected chi connectivity index (χ4v) is 3.79. The number of benzene rings is 2. The molecule has 7 nitrogen and oxygen atoms in total. The Morgan fingerprint density at radius 3 is 2.35 bits per heavy atom. The number of hydrogen-bond donors (Lipinski definition) is 1. The Morgan fingerprint density at radius 2 is 1.74 bits per heavy atom. The van der Waals surface area contributed by atoms with Crippen LogP contribution < -0.4 is 14.4 Å². The average Bonchev–Trinajstić information content (AvgIpc) is 3.44. The topological polar surface area (TPSA) is 89.2 Å². The molecule has 1 fully saturated rings. The fraction of sp³-hybridized carbons (Fsp3) is 0.167. The molecule has 2 aromatic carbocycles. The number of carbonyl (C=O) groups is 2. The van der Waals surface area contributed by atoms with Crippen molar-refractivity contribution in [3.63, 3.8) is 0 Å². The van der Waals surface area contributed by atoms with Crippen molar-refractivity contribution in [3.8, 4) is 11.5 Å². The molecule has 1 N–H and O–H groups in total. The number of ketones is 1. The van der Waals surface area contributed by atoms with Crippen molar-refractivity contribution < 1.29 is 41.8 Å². The molecule has 34 heavy (non-hydrogen) atoms. The van der Waals surface area contributed by atoms with Gasteiger partial charge < -0.3 is 19.0 Å². The van der Waals surface area contributed by atoms with Gasteiger partial charge in [0.05, 0.1) is 31.6 Å². The van der Waals surface area contributed by atoms with E-state index in [0.29, 0.717) is 5.75 Å². The van der Waals surface area contributed by atoms with Crippen LogP contribution in [0, 0.1) is 0 Å². The molecule has 0 radical (unpaired) electrons. The number of hydrogen-bond acceptors (Lipinski definition) is 6. The van der Waals surface area contributed by atoms with Gasteiger partial charge in [-0.2, -0.15) is 13.2 Å². The lowest BCUT2D eigenvalue weighted by atomic mass is 9.99. The standard InChI is InChI=1S/C24H18F3NO6/c1-32-16-9-8-13(11-18(16)33-2)21(29)19-20(17-7-4-10-34-17)28(23(31)22(19)30)15-6-3-5-14(12-15)24(25,26)27/h3-12,20,29H,1-2H3/b21-19-. The van der Waals surface area contributed by atoms with Crippen LogP contribution in [0.2, 0.25) is 0 Å². The van der Waals surface area contributed by atoms with Crippen LogP contribution in [0.3, 0.4) is 0 Å².